The molecule has 0 saturated carbocycles. The van der Waals surface area contributed by atoms with Crippen molar-refractivity contribution in [1.29, 1.82) is 0 Å². The van der Waals surface area contributed by atoms with Crippen molar-refractivity contribution in [3.05, 3.63) is 24.0 Å². The molecule has 1 N–H and O–H groups in total. The number of hydrogen-bond acceptors (Lipinski definition) is 4. The molecule has 2 aliphatic rings. The topological polar surface area (TPSA) is 82.2 Å². The first kappa shape index (κ1) is 20.9. The number of carbonyl (C=O) groups is 3. The number of nitrogens with zero attached hydrogens (tertiary/aromatic N) is 3. The Morgan fingerprint density at radius 2 is 2.07 bits per heavy atom. The summed E-state index contributed by atoms with van der Waals surface area (Å²) >= 11 is 0. The zero-order chi connectivity index (χ0) is 21.1. The quantitative estimate of drug-likeness (QED) is 0.826. The molecule has 2 aliphatic heterocycles. The van der Waals surface area contributed by atoms with Gasteiger partial charge in [-0.3, -0.25) is 9.59 Å². The largest absolute Gasteiger partial charge is 0.494 e. The van der Waals surface area contributed by atoms with Crippen molar-refractivity contribution in [2.24, 2.45) is 5.92 Å². The molecule has 0 radical (unpaired) electrons. The molecule has 1 atom stereocenters. The highest BCUT2D eigenvalue weighted by atomic mass is 19.1. The highest BCUT2D eigenvalue weighted by Crippen LogP contribution is 2.22. The van der Waals surface area contributed by atoms with E-state index in [-0.39, 0.29) is 36.6 Å². The maximum atomic E-state index is 13.9. The van der Waals surface area contributed by atoms with Gasteiger partial charge in [-0.15, -0.1) is 0 Å². The van der Waals surface area contributed by atoms with Gasteiger partial charge in [0.2, 0.25) is 11.8 Å². The lowest BCUT2D eigenvalue weighted by atomic mass is 10.1. The smallest absolute Gasteiger partial charge is 0.321 e. The first-order chi connectivity index (χ1) is 13.8. The Labute approximate surface area is 169 Å². The summed E-state index contributed by atoms with van der Waals surface area (Å²) in [6.45, 7) is 5.53. The number of ether oxygens (including phenoxy) is 1. The fourth-order valence-corrected chi connectivity index (χ4v) is 3.77. The molecule has 4 amide bonds. The van der Waals surface area contributed by atoms with Gasteiger partial charge in [0, 0.05) is 31.4 Å². The van der Waals surface area contributed by atoms with E-state index in [2.05, 4.69) is 5.32 Å². The summed E-state index contributed by atoms with van der Waals surface area (Å²) in [5.74, 6) is -0.466. The summed E-state index contributed by atoms with van der Waals surface area (Å²) in [6, 6.07) is 3.04. The Morgan fingerprint density at radius 3 is 2.72 bits per heavy atom. The van der Waals surface area contributed by atoms with Gasteiger partial charge >= 0.3 is 6.03 Å². The average molecular weight is 406 g/mol. The number of methoxy groups -OCH3 is 1. The molecular weight excluding hydrogens is 379 g/mol. The third kappa shape index (κ3) is 4.60. The standard InChI is InChI=1S/C20H27FN4O4/c1-13(2)10-24-12-18(26)25-8-4-7-23(11-16(25)19(24)27)20(28)22-14-5-6-17(29-3)15(21)9-14/h5-6,9,13,16H,4,7-8,10-12H2,1-3H3,(H,22,28). The van der Waals surface area contributed by atoms with Crippen molar-refractivity contribution in [1.82, 2.24) is 14.7 Å². The predicted molar refractivity (Wildman–Crippen MR) is 105 cm³/mol. The number of urea groups is 1. The normalized spacial score (nSPS) is 19.9. The first-order valence-electron chi connectivity index (χ1n) is 9.78. The van der Waals surface area contributed by atoms with Gasteiger partial charge in [0.25, 0.3) is 0 Å². The monoisotopic (exact) mass is 406 g/mol. The van der Waals surface area contributed by atoms with Crippen LogP contribution in [0.1, 0.15) is 20.3 Å². The minimum atomic E-state index is -0.684. The molecule has 1 aromatic carbocycles. The lowest BCUT2D eigenvalue weighted by Crippen LogP contribution is -2.62. The SMILES string of the molecule is COc1ccc(NC(=O)N2CCCN3C(=O)CN(CC(C)C)C(=O)C3C2)cc1F. The van der Waals surface area contributed by atoms with Gasteiger partial charge < -0.3 is 24.8 Å². The maximum absolute atomic E-state index is 13.9. The van der Waals surface area contributed by atoms with Crippen LogP contribution in [0.15, 0.2) is 18.2 Å². The number of rotatable bonds is 4. The summed E-state index contributed by atoms with van der Waals surface area (Å²) < 4.78 is 18.8. The van der Waals surface area contributed by atoms with Crippen LogP contribution in [0.5, 0.6) is 5.75 Å². The lowest BCUT2D eigenvalue weighted by molar-refractivity contribution is -0.156. The van der Waals surface area contributed by atoms with Crippen molar-refractivity contribution in [3.8, 4) is 5.75 Å². The highest BCUT2D eigenvalue weighted by molar-refractivity contribution is 5.96. The van der Waals surface area contributed by atoms with Crippen LogP contribution in [-0.4, -0.2) is 78.4 Å². The van der Waals surface area contributed by atoms with E-state index in [1.165, 1.54) is 24.1 Å². The van der Waals surface area contributed by atoms with E-state index in [0.29, 0.717) is 31.7 Å². The minimum Gasteiger partial charge on any atom is -0.494 e. The number of halogens is 1. The van der Waals surface area contributed by atoms with Crippen molar-refractivity contribution in [3.63, 3.8) is 0 Å². The van der Waals surface area contributed by atoms with Gasteiger partial charge in [0.1, 0.15) is 6.04 Å². The second-order valence-corrected chi connectivity index (χ2v) is 7.79. The van der Waals surface area contributed by atoms with E-state index >= 15 is 0 Å². The third-order valence-corrected chi connectivity index (χ3v) is 5.12. The van der Waals surface area contributed by atoms with E-state index in [1.807, 2.05) is 13.8 Å². The first-order valence-corrected chi connectivity index (χ1v) is 9.78. The Kier molecular flexibility index (Phi) is 6.24. The molecule has 2 fully saturated rings. The lowest BCUT2D eigenvalue weighted by Gasteiger charge is -2.40. The second kappa shape index (κ2) is 8.67. The van der Waals surface area contributed by atoms with Gasteiger partial charge in [-0.05, 0) is 24.5 Å². The van der Waals surface area contributed by atoms with Gasteiger partial charge in [-0.2, -0.15) is 0 Å². The van der Waals surface area contributed by atoms with E-state index in [9.17, 15) is 18.8 Å². The number of amides is 4. The number of fused-ring (bicyclic) bond motifs is 1. The molecule has 2 saturated heterocycles. The van der Waals surface area contributed by atoms with E-state index in [1.54, 1.807) is 15.9 Å². The van der Waals surface area contributed by atoms with Crippen LogP contribution in [-0.2, 0) is 9.59 Å². The van der Waals surface area contributed by atoms with Crippen LogP contribution in [0, 0.1) is 11.7 Å². The zero-order valence-electron chi connectivity index (χ0n) is 17.0. The van der Waals surface area contributed by atoms with Crippen LogP contribution >= 0.6 is 0 Å². The number of anilines is 1. The fraction of sp³-hybridized carbons (Fsp3) is 0.550. The second-order valence-electron chi connectivity index (χ2n) is 7.79. The van der Waals surface area contributed by atoms with Crippen LogP contribution in [0.25, 0.3) is 0 Å². The van der Waals surface area contributed by atoms with Crippen molar-refractivity contribution >= 4 is 23.5 Å². The third-order valence-electron chi connectivity index (χ3n) is 5.12. The van der Waals surface area contributed by atoms with Crippen LogP contribution in [0.4, 0.5) is 14.9 Å². The summed E-state index contributed by atoms with van der Waals surface area (Å²) in [7, 11) is 1.37. The predicted octanol–water partition coefficient (Wildman–Crippen LogP) is 1.77. The molecule has 0 aromatic heterocycles. The number of piperazine rings is 1. The summed E-state index contributed by atoms with van der Waals surface area (Å²) in [4.78, 5) is 42.9. The molecule has 1 unspecified atom stereocenters. The molecule has 1 aromatic rings. The summed E-state index contributed by atoms with van der Waals surface area (Å²) in [5, 5.41) is 2.66. The minimum absolute atomic E-state index is 0.0879. The number of carbonyl (C=O) groups excluding carboxylic acids is 3. The van der Waals surface area contributed by atoms with Crippen molar-refractivity contribution in [2.45, 2.75) is 26.3 Å². The van der Waals surface area contributed by atoms with Gasteiger partial charge in [-0.25, -0.2) is 9.18 Å². The Hall–Kier alpha value is -2.84. The average Bonchev–Trinajstić information content (AvgIpc) is 2.89. The Bertz CT molecular complexity index is 801. The van der Waals surface area contributed by atoms with Gasteiger partial charge in [-0.1, -0.05) is 13.8 Å². The van der Waals surface area contributed by atoms with Crippen molar-refractivity contribution in [2.75, 3.05) is 45.2 Å². The Balaban J connectivity index is 1.72. The fourth-order valence-electron chi connectivity index (χ4n) is 3.77. The number of benzene rings is 1. The molecule has 29 heavy (non-hydrogen) atoms. The maximum Gasteiger partial charge on any atom is 0.321 e. The number of hydrogen-bond donors (Lipinski definition) is 1. The summed E-state index contributed by atoms with van der Waals surface area (Å²) in [6.07, 6.45) is 0.574. The van der Waals surface area contributed by atoms with Crippen molar-refractivity contribution < 1.29 is 23.5 Å². The number of nitrogens with one attached hydrogen (secondary N) is 1. The van der Waals surface area contributed by atoms with Crippen LogP contribution < -0.4 is 10.1 Å². The van der Waals surface area contributed by atoms with Gasteiger partial charge in [0.15, 0.2) is 11.6 Å². The molecule has 0 aliphatic carbocycles. The molecule has 3 rings (SSSR count). The van der Waals surface area contributed by atoms with Gasteiger partial charge in [0.05, 0.1) is 20.2 Å². The van der Waals surface area contributed by atoms with Crippen LogP contribution in [0.2, 0.25) is 0 Å². The molecule has 9 heteroatoms. The molecule has 2 heterocycles. The highest BCUT2D eigenvalue weighted by Gasteiger charge is 2.42. The molecule has 158 valence electrons. The summed E-state index contributed by atoms with van der Waals surface area (Å²) in [5.41, 5.74) is 0.293. The molecule has 0 bridgehead atoms. The van der Waals surface area contributed by atoms with Crippen LogP contribution in [0.3, 0.4) is 0 Å². The van der Waals surface area contributed by atoms with E-state index in [4.69, 9.17) is 4.74 Å². The zero-order valence-corrected chi connectivity index (χ0v) is 17.0. The molecule has 0 spiro atoms. The molecule has 8 nitrogen and oxygen atoms in total. The van der Waals surface area contributed by atoms with E-state index < -0.39 is 17.9 Å². The Morgan fingerprint density at radius 1 is 1.31 bits per heavy atom. The van der Waals surface area contributed by atoms with E-state index in [0.717, 1.165) is 0 Å². The molecular formula is C20H27FN4O4.